The minimum absolute atomic E-state index is 0.0246. The third-order valence-electron chi connectivity index (χ3n) is 7.37. The maximum absolute atomic E-state index is 15.5. The Labute approximate surface area is 259 Å². The lowest BCUT2D eigenvalue weighted by Crippen LogP contribution is -2.44. The summed E-state index contributed by atoms with van der Waals surface area (Å²) in [5, 5.41) is 8.88. The van der Waals surface area contributed by atoms with Crippen LogP contribution in [0.15, 0.2) is 70.3 Å². The van der Waals surface area contributed by atoms with Gasteiger partial charge in [-0.25, -0.2) is 13.6 Å². The molecule has 1 aromatic heterocycles. The zero-order valence-corrected chi connectivity index (χ0v) is 24.7. The van der Waals surface area contributed by atoms with E-state index in [1.807, 2.05) is 0 Å². The number of hydrogen-bond donors (Lipinski definition) is 2. The molecule has 0 saturated heterocycles. The summed E-state index contributed by atoms with van der Waals surface area (Å²) in [5.41, 5.74) is 1.61. The van der Waals surface area contributed by atoms with Crippen LogP contribution >= 0.6 is 0 Å². The van der Waals surface area contributed by atoms with Crippen LogP contribution in [0.3, 0.4) is 0 Å². The number of rotatable bonds is 12. The van der Waals surface area contributed by atoms with Gasteiger partial charge in [-0.15, -0.1) is 0 Å². The van der Waals surface area contributed by atoms with Crippen molar-refractivity contribution < 1.29 is 41.3 Å². The second kappa shape index (κ2) is 14.0. The molecule has 1 heterocycles. The van der Waals surface area contributed by atoms with Crippen LogP contribution in [0.5, 0.6) is 11.5 Å². The Hall–Kier alpha value is -4.98. The number of para-hydroxylation sites is 1. The summed E-state index contributed by atoms with van der Waals surface area (Å²) in [6, 6.07) is 11.5. The second-order valence-electron chi connectivity index (χ2n) is 10.3. The number of carboxylic acid groups (broad SMARTS) is 1. The van der Waals surface area contributed by atoms with Gasteiger partial charge in [0.25, 0.3) is 5.56 Å². The van der Waals surface area contributed by atoms with Gasteiger partial charge in [0.15, 0.2) is 11.6 Å². The van der Waals surface area contributed by atoms with E-state index in [9.17, 15) is 31.9 Å². The van der Waals surface area contributed by atoms with Gasteiger partial charge in [-0.05, 0) is 37.6 Å². The first kappa shape index (κ1) is 33.9. The van der Waals surface area contributed by atoms with E-state index in [0.29, 0.717) is 16.2 Å². The van der Waals surface area contributed by atoms with Crippen molar-refractivity contribution in [1.29, 1.82) is 0 Å². The largest absolute Gasteiger partial charge is 0.494 e. The van der Waals surface area contributed by atoms with Gasteiger partial charge in [0.2, 0.25) is 0 Å². The molecule has 1 unspecified atom stereocenters. The molecule has 1 atom stereocenters. The third-order valence-corrected chi connectivity index (χ3v) is 7.37. The first-order valence-electron chi connectivity index (χ1n) is 14.0. The van der Waals surface area contributed by atoms with E-state index >= 15 is 4.39 Å². The standard InChI is InChI=1S/C32H30F5N3O6/c1-18-28(20-9-5-13-26(45-2)29(20)34)30(43)40(17-24(38)19-8-3-4-12-25(19)46-15-7-14-27(41)42)31(44)39(18)16-21-22(32(35,36)37)10-6-11-23(21)33/h3-6,8-13,24H,7,14-17,38H2,1-2H3,(H,41,42). The number of nitrogens with zero attached hydrogens (tertiary/aromatic N) is 2. The highest BCUT2D eigenvalue weighted by molar-refractivity contribution is 5.68. The second-order valence-corrected chi connectivity index (χ2v) is 10.3. The predicted molar refractivity (Wildman–Crippen MR) is 158 cm³/mol. The Morgan fingerprint density at radius 1 is 0.978 bits per heavy atom. The Morgan fingerprint density at radius 2 is 1.65 bits per heavy atom. The minimum Gasteiger partial charge on any atom is -0.494 e. The number of halogens is 5. The number of carboxylic acids is 1. The number of methoxy groups -OCH3 is 1. The number of hydrogen-bond acceptors (Lipinski definition) is 6. The van der Waals surface area contributed by atoms with Crippen LogP contribution in [0.1, 0.15) is 41.3 Å². The van der Waals surface area contributed by atoms with Crippen molar-refractivity contribution in [2.75, 3.05) is 13.7 Å². The summed E-state index contributed by atoms with van der Waals surface area (Å²) in [4.78, 5) is 38.6. The van der Waals surface area contributed by atoms with Crippen LogP contribution in [0.2, 0.25) is 0 Å². The number of aromatic nitrogens is 2. The average Bonchev–Trinajstić information content (AvgIpc) is 3.00. The molecule has 0 saturated carbocycles. The zero-order valence-electron chi connectivity index (χ0n) is 24.7. The van der Waals surface area contributed by atoms with Crippen molar-refractivity contribution in [3.8, 4) is 22.6 Å². The van der Waals surface area contributed by atoms with E-state index in [0.717, 1.165) is 16.7 Å². The van der Waals surface area contributed by atoms with Crippen LogP contribution in [0.4, 0.5) is 22.0 Å². The Bertz CT molecular complexity index is 1870. The molecule has 4 rings (SSSR count). The molecule has 46 heavy (non-hydrogen) atoms. The van der Waals surface area contributed by atoms with E-state index in [-0.39, 0.29) is 47.8 Å². The van der Waals surface area contributed by atoms with Crippen LogP contribution < -0.4 is 26.5 Å². The molecule has 0 radical (unpaired) electrons. The summed E-state index contributed by atoms with van der Waals surface area (Å²) in [6.45, 7) is -0.203. The average molecular weight is 648 g/mol. The molecule has 0 fully saturated rings. The number of aliphatic carboxylic acids is 1. The maximum Gasteiger partial charge on any atom is 0.416 e. The molecule has 0 spiro atoms. The highest BCUT2D eigenvalue weighted by Gasteiger charge is 2.35. The van der Waals surface area contributed by atoms with Gasteiger partial charge >= 0.3 is 17.8 Å². The quantitative estimate of drug-likeness (QED) is 0.158. The van der Waals surface area contributed by atoms with Crippen LogP contribution in [-0.4, -0.2) is 33.9 Å². The fourth-order valence-electron chi connectivity index (χ4n) is 5.08. The smallest absolute Gasteiger partial charge is 0.416 e. The highest BCUT2D eigenvalue weighted by Crippen LogP contribution is 2.34. The zero-order chi connectivity index (χ0) is 33.8. The molecule has 14 heteroatoms. The van der Waals surface area contributed by atoms with Crippen molar-refractivity contribution in [2.45, 2.75) is 45.1 Å². The van der Waals surface area contributed by atoms with Crippen molar-refractivity contribution in [2.24, 2.45) is 5.73 Å². The van der Waals surface area contributed by atoms with Crippen LogP contribution in [0, 0.1) is 18.6 Å². The summed E-state index contributed by atoms with van der Waals surface area (Å²) < 4.78 is 84.2. The molecular weight excluding hydrogens is 617 g/mol. The van der Waals surface area contributed by atoms with E-state index < -0.39 is 65.3 Å². The Morgan fingerprint density at radius 3 is 2.33 bits per heavy atom. The van der Waals surface area contributed by atoms with Crippen molar-refractivity contribution >= 4 is 5.97 Å². The minimum atomic E-state index is -4.97. The molecule has 244 valence electrons. The monoisotopic (exact) mass is 647 g/mol. The summed E-state index contributed by atoms with van der Waals surface area (Å²) in [7, 11) is 1.20. The van der Waals surface area contributed by atoms with Crippen molar-refractivity contribution in [1.82, 2.24) is 9.13 Å². The van der Waals surface area contributed by atoms with E-state index in [2.05, 4.69) is 0 Å². The first-order chi connectivity index (χ1) is 21.8. The molecule has 0 amide bonds. The normalized spacial score (nSPS) is 12.2. The molecule has 0 bridgehead atoms. The Balaban J connectivity index is 1.89. The lowest BCUT2D eigenvalue weighted by Gasteiger charge is -2.22. The molecule has 3 aromatic carbocycles. The van der Waals surface area contributed by atoms with Gasteiger partial charge in [0, 0.05) is 28.8 Å². The van der Waals surface area contributed by atoms with E-state index in [4.69, 9.17) is 20.3 Å². The van der Waals surface area contributed by atoms with Gasteiger partial charge in [-0.3, -0.25) is 18.7 Å². The van der Waals surface area contributed by atoms with Gasteiger partial charge < -0.3 is 20.3 Å². The number of nitrogens with two attached hydrogens (primary N) is 1. The van der Waals surface area contributed by atoms with Gasteiger partial charge in [0.05, 0.1) is 44.0 Å². The fraction of sp³-hybridized carbons (Fsp3) is 0.281. The van der Waals surface area contributed by atoms with Crippen molar-refractivity contribution in [3.63, 3.8) is 0 Å². The Kier molecular flexibility index (Phi) is 10.3. The predicted octanol–water partition coefficient (Wildman–Crippen LogP) is 5.28. The SMILES string of the molecule is COc1cccc(-c2c(C)n(Cc3c(F)cccc3C(F)(F)F)c(=O)n(CC(N)c3ccccc3OCCCC(=O)O)c2=O)c1F. The number of ether oxygens (including phenoxy) is 2. The third kappa shape index (κ3) is 7.12. The van der Waals surface area contributed by atoms with E-state index in [1.165, 1.54) is 32.2 Å². The molecular formula is C32H30F5N3O6. The summed E-state index contributed by atoms with van der Waals surface area (Å²) >= 11 is 0. The first-order valence-corrected chi connectivity index (χ1v) is 14.0. The fourth-order valence-corrected chi connectivity index (χ4v) is 5.08. The van der Waals surface area contributed by atoms with Gasteiger partial charge in [-0.2, -0.15) is 13.2 Å². The molecule has 0 aliphatic carbocycles. The molecule has 0 aliphatic heterocycles. The molecule has 9 nitrogen and oxygen atoms in total. The van der Waals surface area contributed by atoms with E-state index in [1.54, 1.807) is 24.3 Å². The molecule has 3 N–H and O–H groups in total. The number of alkyl halides is 3. The van der Waals surface area contributed by atoms with Gasteiger partial charge in [0.1, 0.15) is 11.6 Å². The van der Waals surface area contributed by atoms with Crippen LogP contribution in [-0.2, 0) is 24.1 Å². The maximum atomic E-state index is 15.5. The van der Waals surface area contributed by atoms with Crippen LogP contribution in [0.25, 0.3) is 11.1 Å². The van der Waals surface area contributed by atoms with Gasteiger partial charge in [-0.1, -0.05) is 36.4 Å². The topological polar surface area (TPSA) is 126 Å². The number of carbonyl (C=O) groups is 1. The molecule has 0 aliphatic rings. The lowest BCUT2D eigenvalue weighted by molar-refractivity contribution is -0.139. The molecule has 4 aromatic rings. The summed E-state index contributed by atoms with van der Waals surface area (Å²) in [5.74, 6) is -3.20. The number of benzene rings is 3. The highest BCUT2D eigenvalue weighted by atomic mass is 19.4. The van der Waals surface area contributed by atoms with Crippen molar-refractivity contribution in [3.05, 3.63) is 116 Å². The lowest BCUT2D eigenvalue weighted by atomic mass is 10.0. The summed E-state index contributed by atoms with van der Waals surface area (Å²) in [6.07, 6.45) is -4.93.